The van der Waals surface area contributed by atoms with Gasteiger partial charge in [-0.2, -0.15) is 0 Å². The third-order valence-electron chi connectivity index (χ3n) is 4.91. The standard InChI is InChI=1S/C22H28N2O/c1-22(2,3)17-11-13-18(14-12-17)24-21(25)15-23-20-10-6-8-16-7-4-5-9-19(16)20/h4-5,7,9,11-14,20,23H,6,8,10,15H2,1-3H3,(H,24,25)/t20-/m1/s1. The van der Waals surface area contributed by atoms with Gasteiger partial charge in [-0.3, -0.25) is 4.79 Å². The molecular formula is C22H28N2O. The van der Waals surface area contributed by atoms with Crippen LogP contribution in [0.1, 0.15) is 56.3 Å². The van der Waals surface area contributed by atoms with Gasteiger partial charge in [0.25, 0.3) is 0 Å². The Balaban J connectivity index is 1.55. The molecule has 0 heterocycles. The molecule has 3 heteroatoms. The fraction of sp³-hybridized carbons (Fsp3) is 0.409. The summed E-state index contributed by atoms with van der Waals surface area (Å²) in [6, 6.07) is 16.9. The minimum Gasteiger partial charge on any atom is -0.325 e. The van der Waals surface area contributed by atoms with E-state index in [1.54, 1.807) is 0 Å². The second-order valence-electron chi connectivity index (χ2n) is 7.90. The predicted molar refractivity (Wildman–Crippen MR) is 104 cm³/mol. The van der Waals surface area contributed by atoms with E-state index in [0.717, 1.165) is 18.5 Å². The molecule has 2 aromatic carbocycles. The molecule has 0 unspecified atom stereocenters. The van der Waals surface area contributed by atoms with Gasteiger partial charge in [-0.15, -0.1) is 0 Å². The molecule has 1 atom stereocenters. The summed E-state index contributed by atoms with van der Waals surface area (Å²) < 4.78 is 0. The van der Waals surface area contributed by atoms with Crippen molar-refractivity contribution in [3.63, 3.8) is 0 Å². The van der Waals surface area contributed by atoms with Crippen molar-refractivity contribution in [2.75, 3.05) is 11.9 Å². The van der Waals surface area contributed by atoms with Gasteiger partial charge in [0.1, 0.15) is 0 Å². The van der Waals surface area contributed by atoms with Gasteiger partial charge >= 0.3 is 0 Å². The zero-order valence-corrected chi connectivity index (χ0v) is 15.4. The zero-order chi connectivity index (χ0) is 17.9. The highest BCUT2D eigenvalue weighted by Crippen LogP contribution is 2.29. The Morgan fingerprint density at radius 3 is 2.52 bits per heavy atom. The van der Waals surface area contributed by atoms with Crippen LogP contribution in [0.2, 0.25) is 0 Å². The highest BCUT2D eigenvalue weighted by atomic mass is 16.1. The maximum absolute atomic E-state index is 12.3. The first kappa shape index (κ1) is 17.7. The molecule has 3 rings (SSSR count). The van der Waals surface area contributed by atoms with E-state index >= 15 is 0 Å². The summed E-state index contributed by atoms with van der Waals surface area (Å²) in [6.07, 6.45) is 3.40. The van der Waals surface area contributed by atoms with Crippen molar-refractivity contribution in [3.05, 3.63) is 65.2 Å². The Hall–Kier alpha value is -2.13. The Kier molecular flexibility index (Phi) is 5.24. The Morgan fingerprint density at radius 1 is 1.08 bits per heavy atom. The molecule has 0 radical (unpaired) electrons. The molecule has 3 nitrogen and oxygen atoms in total. The lowest BCUT2D eigenvalue weighted by Crippen LogP contribution is -2.33. The number of carbonyl (C=O) groups excluding carboxylic acids is 1. The molecule has 0 saturated heterocycles. The van der Waals surface area contributed by atoms with E-state index < -0.39 is 0 Å². The lowest BCUT2D eigenvalue weighted by atomic mass is 9.87. The molecular weight excluding hydrogens is 308 g/mol. The number of fused-ring (bicyclic) bond motifs is 1. The molecule has 0 bridgehead atoms. The maximum Gasteiger partial charge on any atom is 0.238 e. The van der Waals surface area contributed by atoms with Crippen LogP contribution < -0.4 is 10.6 Å². The predicted octanol–water partition coefficient (Wildman–Crippen LogP) is 4.59. The van der Waals surface area contributed by atoms with E-state index in [9.17, 15) is 4.79 Å². The van der Waals surface area contributed by atoms with Crippen LogP contribution in [0, 0.1) is 0 Å². The number of amides is 1. The largest absolute Gasteiger partial charge is 0.325 e. The normalized spacial score (nSPS) is 17.0. The van der Waals surface area contributed by atoms with E-state index in [0.29, 0.717) is 6.54 Å². The van der Waals surface area contributed by atoms with E-state index in [1.807, 2.05) is 12.1 Å². The van der Waals surface area contributed by atoms with Gasteiger partial charge in [-0.1, -0.05) is 57.2 Å². The van der Waals surface area contributed by atoms with E-state index in [4.69, 9.17) is 0 Å². The van der Waals surface area contributed by atoms with Crippen molar-refractivity contribution in [3.8, 4) is 0 Å². The Bertz CT molecular complexity index is 728. The van der Waals surface area contributed by atoms with E-state index in [1.165, 1.54) is 23.1 Å². The number of aryl methyl sites for hydroxylation is 1. The van der Waals surface area contributed by atoms with Gasteiger partial charge in [0.15, 0.2) is 0 Å². The molecule has 2 aromatic rings. The van der Waals surface area contributed by atoms with Crippen LogP contribution in [-0.2, 0) is 16.6 Å². The fourth-order valence-corrected chi connectivity index (χ4v) is 3.44. The summed E-state index contributed by atoms with van der Waals surface area (Å²) in [6.45, 7) is 6.89. The highest BCUT2D eigenvalue weighted by Gasteiger charge is 2.20. The van der Waals surface area contributed by atoms with Crippen LogP contribution in [0.4, 0.5) is 5.69 Å². The zero-order valence-electron chi connectivity index (χ0n) is 15.4. The lowest BCUT2D eigenvalue weighted by Gasteiger charge is -2.26. The van der Waals surface area contributed by atoms with Gasteiger partial charge in [-0.05, 0) is 53.5 Å². The first-order valence-corrected chi connectivity index (χ1v) is 9.15. The van der Waals surface area contributed by atoms with Gasteiger partial charge in [0.2, 0.25) is 5.91 Å². The van der Waals surface area contributed by atoms with Crippen molar-refractivity contribution in [1.29, 1.82) is 0 Å². The average Bonchev–Trinajstić information content (AvgIpc) is 2.59. The number of nitrogens with one attached hydrogen (secondary N) is 2. The fourth-order valence-electron chi connectivity index (χ4n) is 3.44. The van der Waals surface area contributed by atoms with Gasteiger partial charge < -0.3 is 10.6 Å². The summed E-state index contributed by atoms with van der Waals surface area (Å²) in [5.74, 6) is 0.00608. The van der Waals surface area contributed by atoms with Crippen LogP contribution in [0.3, 0.4) is 0 Å². The Morgan fingerprint density at radius 2 is 1.80 bits per heavy atom. The quantitative estimate of drug-likeness (QED) is 0.857. The van der Waals surface area contributed by atoms with Crippen LogP contribution in [0.25, 0.3) is 0 Å². The second-order valence-corrected chi connectivity index (χ2v) is 7.90. The van der Waals surface area contributed by atoms with Crippen LogP contribution >= 0.6 is 0 Å². The number of rotatable bonds is 4. The minimum absolute atomic E-state index is 0.00608. The Labute approximate surface area is 150 Å². The maximum atomic E-state index is 12.3. The van der Waals surface area contributed by atoms with Gasteiger partial charge in [0, 0.05) is 11.7 Å². The summed E-state index contributed by atoms with van der Waals surface area (Å²) in [5, 5.41) is 6.40. The van der Waals surface area contributed by atoms with Crippen molar-refractivity contribution >= 4 is 11.6 Å². The van der Waals surface area contributed by atoms with Crippen molar-refractivity contribution in [1.82, 2.24) is 5.32 Å². The highest BCUT2D eigenvalue weighted by molar-refractivity contribution is 5.92. The molecule has 1 aliphatic carbocycles. The molecule has 1 amide bonds. The number of anilines is 1. The molecule has 0 saturated carbocycles. The lowest BCUT2D eigenvalue weighted by molar-refractivity contribution is -0.115. The molecule has 0 aliphatic heterocycles. The molecule has 0 spiro atoms. The van der Waals surface area contributed by atoms with Crippen molar-refractivity contribution in [2.24, 2.45) is 0 Å². The second kappa shape index (κ2) is 7.40. The smallest absolute Gasteiger partial charge is 0.238 e. The minimum atomic E-state index is 0.00608. The molecule has 132 valence electrons. The molecule has 0 fully saturated rings. The summed E-state index contributed by atoms with van der Waals surface area (Å²) in [4.78, 5) is 12.3. The first-order valence-electron chi connectivity index (χ1n) is 9.15. The summed E-state index contributed by atoms with van der Waals surface area (Å²) >= 11 is 0. The molecule has 0 aromatic heterocycles. The van der Waals surface area contributed by atoms with E-state index in [-0.39, 0.29) is 17.4 Å². The van der Waals surface area contributed by atoms with Crippen LogP contribution in [0.15, 0.2) is 48.5 Å². The molecule has 1 aliphatic rings. The van der Waals surface area contributed by atoms with E-state index in [2.05, 4.69) is 67.8 Å². The number of hydrogen-bond acceptors (Lipinski definition) is 2. The SMILES string of the molecule is CC(C)(C)c1ccc(NC(=O)CN[C@@H]2CCCc3ccccc32)cc1. The molecule has 2 N–H and O–H groups in total. The van der Waals surface area contributed by atoms with Gasteiger partial charge in [-0.25, -0.2) is 0 Å². The number of carbonyl (C=O) groups is 1. The average molecular weight is 336 g/mol. The van der Waals surface area contributed by atoms with Crippen molar-refractivity contribution < 1.29 is 4.79 Å². The van der Waals surface area contributed by atoms with Crippen molar-refractivity contribution in [2.45, 2.75) is 51.5 Å². The van der Waals surface area contributed by atoms with Crippen LogP contribution in [0.5, 0.6) is 0 Å². The topological polar surface area (TPSA) is 41.1 Å². The van der Waals surface area contributed by atoms with Crippen LogP contribution in [-0.4, -0.2) is 12.5 Å². The number of hydrogen-bond donors (Lipinski definition) is 2. The third-order valence-corrected chi connectivity index (χ3v) is 4.91. The summed E-state index contributed by atoms with van der Waals surface area (Å²) in [7, 11) is 0. The van der Waals surface area contributed by atoms with Gasteiger partial charge in [0.05, 0.1) is 6.54 Å². The first-order chi connectivity index (χ1) is 11.9. The third kappa shape index (κ3) is 4.49. The summed E-state index contributed by atoms with van der Waals surface area (Å²) in [5.41, 5.74) is 4.99. The molecule has 25 heavy (non-hydrogen) atoms. The monoisotopic (exact) mass is 336 g/mol. The number of benzene rings is 2.